The van der Waals surface area contributed by atoms with Gasteiger partial charge in [-0.25, -0.2) is 0 Å². The zero-order chi connectivity index (χ0) is 26.5. The van der Waals surface area contributed by atoms with E-state index in [2.05, 4.69) is 0 Å². The molecule has 0 amide bonds. The monoisotopic (exact) mass is 528 g/mol. The predicted molar refractivity (Wildman–Crippen MR) is 147 cm³/mol. The fourth-order valence-corrected chi connectivity index (χ4v) is 7.61. The summed E-state index contributed by atoms with van der Waals surface area (Å²) in [6.07, 6.45) is -2.11. The summed E-state index contributed by atoms with van der Waals surface area (Å²) in [7, 11) is -3.14. The van der Waals surface area contributed by atoms with Gasteiger partial charge >= 0.3 is 0 Å². The van der Waals surface area contributed by atoms with Crippen LogP contribution in [0.1, 0.15) is 22.3 Å². The summed E-state index contributed by atoms with van der Waals surface area (Å²) in [4.78, 5) is 12.9. The van der Waals surface area contributed by atoms with E-state index in [0.717, 1.165) is 0 Å². The van der Waals surface area contributed by atoms with Gasteiger partial charge in [-0.3, -0.25) is 4.79 Å². The van der Waals surface area contributed by atoms with E-state index in [-0.39, 0.29) is 23.4 Å². The first-order valence-electron chi connectivity index (χ1n) is 12.5. The Balaban J connectivity index is 1.38. The van der Waals surface area contributed by atoms with E-state index in [0.29, 0.717) is 34.8 Å². The number of rotatable bonds is 8. The van der Waals surface area contributed by atoms with Crippen LogP contribution in [0.25, 0.3) is 0 Å². The average molecular weight is 529 g/mol. The Morgan fingerprint density at radius 1 is 0.842 bits per heavy atom. The summed E-state index contributed by atoms with van der Waals surface area (Å²) in [6.45, 7) is 0.291. The van der Waals surface area contributed by atoms with Crippen LogP contribution in [0.15, 0.2) is 109 Å². The van der Waals surface area contributed by atoms with Gasteiger partial charge in [-0.15, -0.1) is 0 Å². The first-order chi connectivity index (χ1) is 18.5. The highest BCUT2D eigenvalue weighted by molar-refractivity contribution is 7.78. The summed E-state index contributed by atoms with van der Waals surface area (Å²) in [5.41, 5.74) is 0.882. The Morgan fingerprint density at radius 3 is 2.03 bits per heavy atom. The SMILES string of the molecule is O=C(c1ccccc1)c1ccc(O)c(OC2CCOC(CP(=O)(c3ccccc3)c3ccccc3)[C@H]2O)c1. The third kappa shape index (κ3) is 5.44. The highest BCUT2D eigenvalue weighted by atomic mass is 31.2. The van der Waals surface area contributed by atoms with Crippen molar-refractivity contribution in [3.05, 3.63) is 120 Å². The second kappa shape index (κ2) is 11.4. The maximum absolute atomic E-state index is 14.5. The minimum atomic E-state index is -3.14. The Labute approximate surface area is 221 Å². The van der Waals surface area contributed by atoms with Gasteiger partial charge in [-0.1, -0.05) is 91.0 Å². The van der Waals surface area contributed by atoms with Gasteiger partial charge in [0, 0.05) is 34.3 Å². The lowest BCUT2D eigenvalue weighted by Crippen LogP contribution is -2.49. The number of phenolic OH excluding ortho intramolecular Hbond substituents is 1. The first-order valence-corrected chi connectivity index (χ1v) is 14.4. The van der Waals surface area contributed by atoms with Crippen molar-refractivity contribution in [1.82, 2.24) is 0 Å². The molecule has 1 fully saturated rings. The van der Waals surface area contributed by atoms with Gasteiger partial charge in [-0.2, -0.15) is 0 Å². The highest BCUT2D eigenvalue weighted by Gasteiger charge is 2.40. The van der Waals surface area contributed by atoms with Gasteiger partial charge in [0.15, 0.2) is 17.3 Å². The average Bonchev–Trinajstić information content (AvgIpc) is 2.97. The van der Waals surface area contributed by atoms with Crippen molar-refractivity contribution in [2.24, 2.45) is 0 Å². The second-order valence-electron chi connectivity index (χ2n) is 9.32. The van der Waals surface area contributed by atoms with Crippen molar-refractivity contribution in [2.75, 3.05) is 12.8 Å². The van der Waals surface area contributed by atoms with Crippen LogP contribution in [0.5, 0.6) is 11.5 Å². The molecule has 1 saturated heterocycles. The van der Waals surface area contributed by atoms with Gasteiger partial charge in [0.1, 0.15) is 19.3 Å². The summed E-state index contributed by atoms with van der Waals surface area (Å²) < 4.78 is 26.5. The van der Waals surface area contributed by atoms with E-state index < -0.39 is 25.5 Å². The lowest BCUT2D eigenvalue weighted by atomic mass is 10.0. The van der Waals surface area contributed by atoms with E-state index in [1.807, 2.05) is 66.7 Å². The summed E-state index contributed by atoms with van der Waals surface area (Å²) in [6, 6.07) is 31.8. The number of aliphatic hydroxyl groups excluding tert-OH is 1. The van der Waals surface area contributed by atoms with E-state index in [4.69, 9.17) is 9.47 Å². The van der Waals surface area contributed by atoms with Gasteiger partial charge in [0.25, 0.3) is 0 Å². The maximum Gasteiger partial charge on any atom is 0.193 e. The minimum absolute atomic E-state index is 0.0978. The third-order valence-corrected chi connectivity index (χ3v) is 9.95. The van der Waals surface area contributed by atoms with E-state index in [1.54, 1.807) is 24.3 Å². The number of phenols is 1. The standard InChI is InChI=1S/C31H29O6P/c32-26-17-16-23(30(33)22-10-4-1-5-11-22)20-28(26)37-27-18-19-36-29(31(27)34)21-38(35,24-12-6-2-7-13-24)25-14-8-3-9-15-25/h1-17,20,27,29,31-32,34H,18-19,21H2/t27?,29?,31-/m0/s1. The number of ether oxygens (including phenoxy) is 2. The van der Waals surface area contributed by atoms with Crippen LogP contribution in [0.4, 0.5) is 0 Å². The third-order valence-electron chi connectivity index (χ3n) is 6.82. The maximum atomic E-state index is 14.5. The Morgan fingerprint density at radius 2 is 1.42 bits per heavy atom. The zero-order valence-electron chi connectivity index (χ0n) is 20.7. The number of aliphatic hydroxyl groups is 1. The van der Waals surface area contributed by atoms with Crippen molar-refractivity contribution in [3.8, 4) is 11.5 Å². The van der Waals surface area contributed by atoms with Crippen LogP contribution >= 0.6 is 7.14 Å². The van der Waals surface area contributed by atoms with Crippen molar-refractivity contribution in [2.45, 2.75) is 24.7 Å². The van der Waals surface area contributed by atoms with Gasteiger partial charge in [0.05, 0.1) is 12.7 Å². The quantitative estimate of drug-likeness (QED) is 0.258. The molecule has 0 spiro atoms. The number of ketones is 1. The molecular formula is C31H29O6P. The van der Waals surface area contributed by atoms with Crippen LogP contribution in [0.2, 0.25) is 0 Å². The lowest BCUT2D eigenvalue weighted by molar-refractivity contribution is -0.117. The Hall–Kier alpha value is -3.70. The Kier molecular flexibility index (Phi) is 7.75. The molecule has 2 unspecified atom stereocenters. The smallest absolute Gasteiger partial charge is 0.193 e. The van der Waals surface area contributed by atoms with Crippen LogP contribution in [-0.4, -0.2) is 47.1 Å². The number of hydrogen-bond acceptors (Lipinski definition) is 6. The van der Waals surface area contributed by atoms with Crippen LogP contribution in [-0.2, 0) is 9.30 Å². The zero-order valence-corrected chi connectivity index (χ0v) is 21.6. The molecule has 0 aromatic heterocycles. The molecule has 2 N–H and O–H groups in total. The molecule has 194 valence electrons. The topological polar surface area (TPSA) is 93.1 Å². The van der Waals surface area contributed by atoms with Crippen LogP contribution in [0.3, 0.4) is 0 Å². The van der Waals surface area contributed by atoms with Crippen molar-refractivity contribution in [3.63, 3.8) is 0 Å². The van der Waals surface area contributed by atoms with E-state index in [9.17, 15) is 19.6 Å². The normalized spacial score (nSPS) is 19.6. The number of aromatic hydroxyl groups is 1. The van der Waals surface area contributed by atoms with Gasteiger partial charge < -0.3 is 24.3 Å². The number of carbonyl (C=O) groups is 1. The Bertz CT molecular complexity index is 1380. The first kappa shape index (κ1) is 25.9. The molecule has 6 nitrogen and oxygen atoms in total. The molecule has 0 aliphatic carbocycles. The van der Waals surface area contributed by atoms with Crippen LogP contribution in [0, 0.1) is 0 Å². The molecule has 0 radical (unpaired) electrons. The van der Waals surface area contributed by atoms with Gasteiger partial charge in [0.2, 0.25) is 0 Å². The molecule has 0 saturated carbocycles. The molecule has 0 bridgehead atoms. The summed E-state index contributed by atoms with van der Waals surface area (Å²) >= 11 is 0. The lowest BCUT2D eigenvalue weighted by Gasteiger charge is -2.36. The molecule has 3 atom stereocenters. The van der Waals surface area contributed by atoms with Gasteiger partial charge in [-0.05, 0) is 18.2 Å². The number of hydrogen-bond donors (Lipinski definition) is 2. The largest absolute Gasteiger partial charge is 0.504 e. The van der Waals surface area contributed by atoms with Crippen molar-refractivity contribution >= 4 is 23.5 Å². The summed E-state index contributed by atoms with van der Waals surface area (Å²) in [5.74, 6) is -0.234. The number of carbonyl (C=O) groups excluding carboxylic acids is 1. The molecule has 4 aromatic carbocycles. The van der Waals surface area contributed by atoms with E-state index in [1.165, 1.54) is 18.2 Å². The second-order valence-corrected chi connectivity index (χ2v) is 12.2. The summed E-state index contributed by atoms with van der Waals surface area (Å²) in [5, 5.41) is 23.1. The fraction of sp³-hybridized carbons (Fsp3) is 0.194. The molecule has 1 aliphatic heterocycles. The molecule has 5 rings (SSSR count). The molecule has 1 aliphatic rings. The van der Waals surface area contributed by atoms with Crippen LogP contribution < -0.4 is 15.3 Å². The molecule has 7 heteroatoms. The predicted octanol–water partition coefficient (Wildman–Crippen LogP) is 4.53. The molecule has 1 heterocycles. The molecular weight excluding hydrogens is 499 g/mol. The van der Waals surface area contributed by atoms with Crippen molar-refractivity contribution < 1.29 is 29.0 Å². The van der Waals surface area contributed by atoms with Crippen molar-refractivity contribution in [1.29, 1.82) is 0 Å². The van der Waals surface area contributed by atoms with E-state index >= 15 is 0 Å². The number of benzene rings is 4. The molecule has 4 aromatic rings. The molecule has 38 heavy (non-hydrogen) atoms. The highest BCUT2D eigenvalue weighted by Crippen LogP contribution is 2.45. The fourth-order valence-electron chi connectivity index (χ4n) is 4.75. The minimum Gasteiger partial charge on any atom is -0.504 e.